The number of hydrogen-bond acceptors (Lipinski definition) is 5. The Hall–Kier alpha value is -0.410. The third-order valence-corrected chi connectivity index (χ3v) is 1.48. The Morgan fingerprint density at radius 2 is 1.53 bits per heavy atom. The first-order chi connectivity index (χ1) is 6.21. The van der Waals surface area contributed by atoms with Gasteiger partial charge in [0.15, 0.2) is 6.10 Å². The number of carbonyl (C=O) groups is 3. The van der Waals surface area contributed by atoms with Gasteiger partial charge in [-0.1, -0.05) is 0 Å². The maximum absolute atomic E-state index is 10.4. The summed E-state index contributed by atoms with van der Waals surface area (Å²) in [5, 5.41) is 42.6. The van der Waals surface area contributed by atoms with Crippen molar-refractivity contribution in [2.75, 3.05) is 0 Å². The van der Waals surface area contributed by atoms with Crippen molar-refractivity contribution in [3.63, 3.8) is 0 Å². The van der Waals surface area contributed by atoms with E-state index in [-0.39, 0.29) is 37.7 Å². The quantitative estimate of drug-likeness (QED) is 0.330. The summed E-state index contributed by atoms with van der Waals surface area (Å²) in [5.74, 6) is -5.87. The normalized spacial score (nSPS) is 15.6. The zero-order chi connectivity index (χ0) is 11.5. The molecule has 0 heterocycles. The van der Waals surface area contributed by atoms with Crippen molar-refractivity contribution in [3.8, 4) is 0 Å². The van der Waals surface area contributed by atoms with Crippen LogP contribution in [0.5, 0.6) is 0 Å². The van der Waals surface area contributed by atoms with Crippen molar-refractivity contribution < 1.29 is 39.9 Å². The molecular formula is C6H8CaO8. The van der Waals surface area contributed by atoms with Gasteiger partial charge in [-0.2, -0.15) is 0 Å². The van der Waals surface area contributed by atoms with E-state index in [1.807, 2.05) is 0 Å². The Balaban J connectivity index is 0. The molecule has 0 saturated carbocycles. The Kier molecular flexibility index (Phi) is 7.06. The van der Waals surface area contributed by atoms with Gasteiger partial charge in [0.05, 0.1) is 6.42 Å². The number of aliphatic hydroxyl groups is 2. The number of hydrogen-bond donors (Lipinski definition) is 5. The second kappa shape index (κ2) is 6.23. The van der Waals surface area contributed by atoms with Crippen molar-refractivity contribution in [1.82, 2.24) is 0 Å². The minimum Gasteiger partial charge on any atom is -0.481 e. The molecule has 0 aromatic heterocycles. The molecule has 0 spiro atoms. The number of aliphatic carboxylic acids is 3. The molecule has 0 aromatic rings. The predicted molar refractivity (Wildman–Crippen MR) is 44.2 cm³/mol. The molecular weight excluding hydrogens is 240 g/mol. The van der Waals surface area contributed by atoms with Gasteiger partial charge in [0.2, 0.25) is 5.60 Å². The van der Waals surface area contributed by atoms with Gasteiger partial charge in [0.25, 0.3) is 0 Å². The van der Waals surface area contributed by atoms with Crippen LogP contribution >= 0.6 is 0 Å². The average Bonchev–Trinajstić information content (AvgIpc) is 2.00. The van der Waals surface area contributed by atoms with E-state index in [1.54, 1.807) is 0 Å². The van der Waals surface area contributed by atoms with Gasteiger partial charge in [-0.15, -0.1) is 0 Å². The number of carboxylic acids is 3. The summed E-state index contributed by atoms with van der Waals surface area (Å²) in [5.41, 5.74) is -3.22. The second-order valence-corrected chi connectivity index (χ2v) is 2.54. The first kappa shape index (κ1) is 17.0. The molecule has 0 amide bonds. The van der Waals surface area contributed by atoms with Gasteiger partial charge in [0, 0.05) is 37.7 Å². The third-order valence-electron chi connectivity index (χ3n) is 1.48. The first-order valence-electron chi connectivity index (χ1n) is 3.30. The van der Waals surface area contributed by atoms with Gasteiger partial charge < -0.3 is 25.5 Å². The minimum absolute atomic E-state index is 0. The largest absolute Gasteiger partial charge is 0.481 e. The maximum atomic E-state index is 10.4. The van der Waals surface area contributed by atoms with Gasteiger partial charge in [-0.25, -0.2) is 9.59 Å². The zero-order valence-electron chi connectivity index (χ0n) is 7.45. The Morgan fingerprint density at radius 1 is 1.13 bits per heavy atom. The number of rotatable bonds is 5. The third kappa shape index (κ3) is 4.31. The first-order valence-corrected chi connectivity index (χ1v) is 3.30. The van der Waals surface area contributed by atoms with Crippen LogP contribution < -0.4 is 0 Å². The molecule has 0 aliphatic rings. The second-order valence-electron chi connectivity index (χ2n) is 2.54. The molecule has 8 nitrogen and oxygen atoms in total. The topological polar surface area (TPSA) is 152 Å². The number of aliphatic hydroxyl groups excluding tert-OH is 1. The molecule has 82 valence electrons. The van der Waals surface area contributed by atoms with E-state index in [0.29, 0.717) is 0 Å². The molecule has 15 heavy (non-hydrogen) atoms. The van der Waals surface area contributed by atoms with Crippen molar-refractivity contribution >= 4 is 55.6 Å². The summed E-state index contributed by atoms with van der Waals surface area (Å²) in [6.07, 6.45) is -4.11. The summed E-state index contributed by atoms with van der Waals surface area (Å²) >= 11 is 0. The van der Waals surface area contributed by atoms with Crippen LogP contribution in [0.1, 0.15) is 6.42 Å². The van der Waals surface area contributed by atoms with E-state index in [9.17, 15) is 14.4 Å². The van der Waals surface area contributed by atoms with Crippen LogP contribution in [0.15, 0.2) is 0 Å². The zero-order valence-corrected chi connectivity index (χ0v) is 9.66. The summed E-state index contributed by atoms with van der Waals surface area (Å²) in [6.45, 7) is 0. The van der Waals surface area contributed by atoms with E-state index in [1.165, 1.54) is 0 Å². The molecule has 2 radical (unpaired) electrons. The van der Waals surface area contributed by atoms with Crippen LogP contribution in [0.2, 0.25) is 0 Å². The van der Waals surface area contributed by atoms with Crippen molar-refractivity contribution in [1.29, 1.82) is 0 Å². The Morgan fingerprint density at radius 3 is 1.73 bits per heavy atom. The van der Waals surface area contributed by atoms with Crippen LogP contribution in [-0.2, 0) is 14.4 Å². The fraction of sp³-hybridized carbons (Fsp3) is 0.500. The smallest absolute Gasteiger partial charge is 0.339 e. The van der Waals surface area contributed by atoms with Crippen LogP contribution in [0.25, 0.3) is 0 Å². The van der Waals surface area contributed by atoms with Crippen molar-refractivity contribution in [2.24, 2.45) is 0 Å². The molecule has 5 N–H and O–H groups in total. The number of carboxylic acid groups (broad SMARTS) is 3. The van der Waals surface area contributed by atoms with Crippen LogP contribution in [0, 0.1) is 0 Å². The summed E-state index contributed by atoms with van der Waals surface area (Å²) in [4.78, 5) is 30.7. The minimum atomic E-state index is -3.22. The van der Waals surface area contributed by atoms with Crippen LogP contribution in [-0.4, -0.2) is 92.9 Å². The molecule has 2 unspecified atom stereocenters. The molecule has 0 aliphatic heterocycles. The Labute approximate surface area is 113 Å². The SMILES string of the molecule is O=C(O)CC(O)(C(=O)O)C(O)C(=O)O.[Ca]. The van der Waals surface area contributed by atoms with Gasteiger partial charge >= 0.3 is 17.9 Å². The molecule has 0 fully saturated rings. The molecule has 0 aromatic carbocycles. The van der Waals surface area contributed by atoms with E-state index in [4.69, 9.17) is 25.5 Å². The van der Waals surface area contributed by atoms with Gasteiger partial charge in [-0.05, 0) is 0 Å². The van der Waals surface area contributed by atoms with Crippen LogP contribution in [0.4, 0.5) is 0 Å². The predicted octanol–water partition coefficient (Wildman–Crippen LogP) is -2.66. The van der Waals surface area contributed by atoms with E-state index in [2.05, 4.69) is 0 Å². The summed E-state index contributed by atoms with van der Waals surface area (Å²) < 4.78 is 0. The Bertz CT molecular complexity index is 276. The van der Waals surface area contributed by atoms with Gasteiger partial charge in [-0.3, -0.25) is 4.79 Å². The molecule has 9 heteroatoms. The van der Waals surface area contributed by atoms with E-state index >= 15 is 0 Å². The van der Waals surface area contributed by atoms with Crippen LogP contribution in [0.3, 0.4) is 0 Å². The molecule has 0 aliphatic carbocycles. The molecule has 0 bridgehead atoms. The molecule has 0 rings (SSSR count). The maximum Gasteiger partial charge on any atom is 0.339 e. The van der Waals surface area contributed by atoms with E-state index < -0.39 is 36.0 Å². The fourth-order valence-electron chi connectivity index (χ4n) is 0.724. The van der Waals surface area contributed by atoms with Gasteiger partial charge in [0.1, 0.15) is 0 Å². The van der Waals surface area contributed by atoms with E-state index in [0.717, 1.165) is 0 Å². The molecule has 2 atom stereocenters. The van der Waals surface area contributed by atoms with Crippen molar-refractivity contribution in [2.45, 2.75) is 18.1 Å². The van der Waals surface area contributed by atoms with Crippen molar-refractivity contribution in [3.05, 3.63) is 0 Å². The fourth-order valence-corrected chi connectivity index (χ4v) is 0.724. The average molecular weight is 248 g/mol. The molecule has 0 saturated heterocycles. The summed E-state index contributed by atoms with van der Waals surface area (Å²) in [7, 11) is 0. The summed E-state index contributed by atoms with van der Waals surface area (Å²) in [6, 6.07) is 0. The monoisotopic (exact) mass is 248 g/mol. The standard InChI is InChI=1S/C6H8O8.Ca/c7-2(8)1-6(14,5(12)13)3(9)4(10)11;/h3,9,14H,1H2,(H,7,8)(H,10,11)(H,12,13);.